The minimum absolute atomic E-state index is 0.518. The van der Waals surface area contributed by atoms with Crippen molar-refractivity contribution in [3.63, 3.8) is 0 Å². The molecule has 0 saturated heterocycles. The smallest absolute Gasteiger partial charge is 0.145 e. The lowest BCUT2D eigenvalue weighted by atomic mass is 10.1. The minimum Gasteiger partial charge on any atom is -0.382 e. The molecule has 0 spiro atoms. The molecule has 3 aromatic rings. The van der Waals surface area contributed by atoms with Gasteiger partial charge in [-0.1, -0.05) is 12.1 Å². The first kappa shape index (κ1) is 9.96. The molecule has 0 aliphatic rings. The number of nitrogens with one attached hydrogen (secondary N) is 1. The fourth-order valence-electron chi connectivity index (χ4n) is 2.18. The molecule has 4 nitrogen and oxygen atoms in total. The number of aromatic amines is 1. The van der Waals surface area contributed by atoms with Crippen LogP contribution in [-0.4, -0.2) is 14.8 Å². The number of anilines is 1. The zero-order valence-corrected chi connectivity index (χ0v) is 9.86. The van der Waals surface area contributed by atoms with Crippen LogP contribution in [0.5, 0.6) is 0 Å². The van der Waals surface area contributed by atoms with E-state index in [1.165, 1.54) is 16.5 Å². The van der Waals surface area contributed by atoms with Gasteiger partial charge in [-0.2, -0.15) is 5.10 Å². The van der Waals surface area contributed by atoms with Gasteiger partial charge in [0, 0.05) is 35.8 Å². The summed E-state index contributed by atoms with van der Waals surface area (Å²) < 4.78 is 2.12. The van der Waals surface area contributed by atoms with E-state index in [0.717, 1.165) is 11.3 Å². The van der Waals surface area contributed by atoms with Crippen molar-refractivity contribution in [3.8, 4) is 11.3 Å². The molecule has 0 radical (unpaired) electrons. The monoisotopic (exact) mass is 226 g/mol. The number of hydrogen-bond acceptors (Lipinski definition) is 2. The predicted molar refractivity (Wildman–Crippen MR) is 69.7 cm³/mol. The topological polar surface area (TPSA) is 59.6 Å². The van der Waals surface area contributed by atoms with E-state index in [1.54, 1.807) is 0 Å². The van der Waals surface area contributed by atoms with Crippen molar-refractivity contribution in [2.45, 2.75) is 6.92 Å². The van der Waals surface area contributed by atoms with Crippen LogP contribution < -0.4 is 5.73 Å². The number of aryl methyl sites for hydroxylation is 2. The normalized spacial score (nSPS) is 11.2. The van der Waals surface area contributed by atoms with Crippen LogP contribution in [0.15, 0.2) is 30.5 Å². The quantitative estimate of drug-likeness (QED) is 0.669. The number of aromatic nitrogens is 3. The average Bonchev–Trinajstić information content (AvgIpc) is 2.84. The molecule has 0 fully saturated rings. The van der Waals surface area contributed by atoms with Gasteiger partial charge in [-0.25, -0.2) is 0 Å². The molecule has 2 aromatic heterocycles. The predicted octanol–water partition coefficient (Wildman–Crippen LogP) is 2.46. The maximum Gasteiger partial charge on any atom is 0.145 e. The third kappa shape index (κ3) is 1.49. The SMILES string of the molecule is Cc1ccc2c(-c3cc(N)n[nH]3)cn(C)c2c1. The second-order valence-electron chi connectivity index (χ2n) is 4.38. The summed E-state index contributed by atoms with van der Waals surface area (Å²) in [6.07, 6.45) is 2.09. The van der Waals surface area contributed by atoms with Crippen molar-refractivity contribution < 1.29 is 0 Å². The lowest BCUT2D eigenvalue weighted by Gasteiger charge is -1.97. The van der Waals surface area contributed by atoms with Gasteiger partial charge in [0.25, 0.3) is 0 Å². The third-order valence-corrected chi connectivity index (χ3v) is 3.03. The van der Waals surface area contributed by atoms with E-state index in [1.807, 2.05) is 13.1 Å². The number of nitrogens with two attached hydrogens (primary N) is 1. The molecule has 0 aliphatic heterocycles. The molecule has 86 valence electrons. The van der Waals surface area contributed by atoms with Crippen molar-refractivity contribution in [2.75, 3.05) is 5.73 Å². The van der Waals surface area contributed by atoms with E-state index in [9.17, 15) is 0 Å². The zero-order chi connectivity index (χ0) is 12.0. The second kappa shape index (κ2) is 3.38. The molecular weight excluding hydrogens is 212 g/mol. The summed E-state index contributed by atoms with van der Waals surface area (Å²) in [5.74, 6) is 0.518. The summed E-state index contributed by atoms with van der Waals surface area (Å²) in [5, 5.41) is 8.13. The van der Waals surface area contributed by atoms with Crippen molar-refractivity contribution in [1.82, 2.24) is 14.8 Å². The molecule has 3 rings (SSSR count). The Labute approximate surface area is 99.1 Å². The van der Waals surface area contributed by atoms with Crippen LogP contribution >= 0.6 is 0 Å². The van der Waals surface area contributed by atoms with E-state index >= 15 is 0 Å². The number of nitrogens with zero attached hydrogens (tertiary/aromatic N) is 2. The van der Waals surface area contributed by atoms with Crippen molar-refractivity contribution in [3.05, 3.63) is 36.0 Å². The fraction of sp³-hybridized carbons (Fsp3) is 0.154. The Morgan fingerprint density at radius 3 is 2.82 bits per heavy atom. The summed E-state index contributed by atoms with van der Waals surface area (Å²) in [6.45, 7) is 2.10. The van der Waals surface area contributed by atoms with E-state index in [2.05, 4.69) is 46.1 Å². The van der Waals surface area contributed by atoms with Gasteiger partial charge in [-0.05, 0) is 18.6 Å². The highest BCUT2D eigenvalue weighted by Gasteiger charge is 2.10. The first-order chi connectivity index (χ1) is 8.15. The number of nitrogen functional groups attached to an aromatic ring is 1. The number of benzene rings is 1. The lowest BCUT2D eigenvalue weighted by molar-refractivity contribution is 0.968. The molecular formula is C13H14N4. The summed E-state index contributed by atoms with van der Waals surface area (Å²) >= 11 is 0. The maximum absolute atomic E-state index is 5.64. The molecule has 17 heavy (non-hydrogen) atoms. The molecule has 4 heteroatoms. The van der Waals surface area contributed by atoms with Crippen LogP contribution in [0.25, 0.3) is 22.2 Å². The largest absolute Gasteiger partial charge is 0.382 e. The number of rotatable bonds is 1. The molecule has 0 unspecified atom stereocenters. The molecule has 0 bridgehead atoms. The zero-order valence-electron chi connectivity index (χ0n) is 9.86. The Morgan fingerprint density at radius 1 is 1.29 bits per heavy atom. The molecule has 1 aromatic carbocycles. The van der Waals surface area contributed by atoms with Crippen molar-refractivity contribution >= 4 is 16.7 Å². The maximum atomic E-state index is 5.64. The van der Waals surface area contributed by atoms with Crippen LogP contribution in [0, 0.1) is 6.92 Å². The van der Waals surface area contributed by atoms with E-state index < -0.39 is 0 Å². The van der Waals surface area contributed by atoms with Gasteiger partial charge in [-0.15, -0.1) is 0 Å². The fourth-order valence-corrected chi connectivity index (χ4v) is 2.18. The molecule has 2 heterocycles. The molecule has 0 aliphatic carbocycles. The summed E-state index contributed by atoms with van der Waals surface area (Å²) in [7, 11) is 2.05. The van der Waals surface area contributed by atoms with Crippen LogP contribution in [0.3, 0.4) is 0 Å². The molecule has 3 N–H and O–H groups in total. The second-order valence-corrected chi connectivity index (χ2v) is 4.38. The van der Waals surface area contributed by atoms with Gasteiger partial charge >= 0.3 is 0 Å². The van der Waals surface area contributed by atoms with Crippen LogP contribution in [0.2, 0.25) is 0 Å². The lowest BCUT2D eigenvalue weighted by Crippen LogP contribution is -1.83. The van der Waals surface area contributed by atoms with Gasteiger partial charge in [0.05, 0.1) is 5.69 Å². The van der Waals surface area contributed by atoms with Crippen LogP contribution in [-0.2, 0) is 7.05 Å². The number of hydrogen-bond donors (Lipinski definition) is 2. The highest BCUT2D eigenvalue weighted by Crippen LogP contribution is 2.30. The highest BCUT2D eigenvalue weighted by atomic mass is 15.2. The Bertz CT molecular complexity index is 691. The van der Waals surface area contributed by atoms with Gasteiger partial charge in [0.2, 0.25) is 0 Å². The summed E-state index contributed by atoms with van der Waals surface area (Å²) in [5.41, 5.74) is 10.2. The molecule has 0 amide bonds. The number of H-pyrrole nitrogens is 1. The van der Waals surface area contributed by atoms with Crippen molar-refractivity contribution in [2.24, 2.45) is 7.05 Å². The van der Waals surface area contributed by atoms with Crippen LogP contribution in [0.4, 0.5) is 5.82 Å². The summed E-state index contributed by atoms with van der Waals surface area (Å²) in [6, 6.07) is 8.29. The van der Waals surface area contributed by atoms with Crippen molar-refractivity contribution in [1.29, 1.82) is 0 Å². The van der Waals surface area contributed by atoms with Gasteiger partial charge in [0.1, 0.15) is 5.82 Å². The Balaban J connectivity index is 2.31. The minimum atomic E-state index is 0.518. The first-order valence-corrected chi connectivity index (χ1v) is 5.52. The number of fused-ring (bicyclic) bond motifs is 1. The Hall–Kier alpha value is -2.23. The highest BCUT2D eigenvalue weighted by molar-refractivity contribution is 5.95. The molecule has 0 saturated carbocycles. The average molecular weight is 226 g/mol. The van der Waals surface area contributed by atoms with Gasteiger partial charge in [-0.3, -0.25) is 5.10 Å². The third-order valence-electron chi connectivity index (χ3n) is 3.03. The summed E-state index contributed by atoms with van der Waals surface area (Å²) in [4.78, 5) is 0. The van der Waals surface area contributed by atoms with Crippen LogP contribution in [0.1, 0.15) is 5.56 Å². The van der Waals surface area contributed by atoms with E-state index in [4.69, 9.17) is 5.73 Å². The first-order valence-electron chi connectivity index (χ1n) is 5.52. The van der Waals surface area contributed by atoms with Gasteiger partial charge in [0.15, 0.2) is 0 Å². The van der Waals surface area contributed by atoms with E-state index in [-0.39, 0.29) is 0 Å². The Kier molecular flexibility index (Phi) is 1.98. The van der Waals surface area contributed by atoms with Gasteiger partial charge < -0.3 is 10.3 Å². The standard InChI is InChI=1S/C13H14N4/c1-8-3-4-9-10(7-17(2)12(9)5-8)11-6-13(14)16-15-11/h3-7H,1-2H3,(H3,14,15,16). The van der Waals surface area contributed by atoms with E-state index in [0.29, 0.717) is 5.82 Å². The molecule has 0 atom stereocenters. The Morgan fingerprint density at radius 2 is 2.12 bits per heavy atom.